The van der Waals surface area contributed by atoms with E-state index in [-0.39, 0.29) is 24.3 Å². The third-order valence-electron chi connectivity index (χ3n) is 3.13. The molecule has 0 spiro atoms. The lowest BCUT2D eigenvalue weighted by atomic mass is 10.1. The van der Waals surface area contributed by atoms with E-state index in [1.54, 1.807) is 30.3 Å². The van der Waals surface area contributed by atoms with Gasteiger partial charge in [-0.2, -0.15) is 0 Å². The molecule has 0 aliphatic heterocycles. The van der Waals surface area contributed by atoms with Gasteiger partial charge in [0.25, 0.3) is 0 Å². The minimum absolute atomic E-state index is 0.240. The molecule has 2 rings (SSSR count). The van der Waals surface area contributed by atoms with E-state index in [9.17, 15) is 8.78 Å². The second-order valence-corrected chi connectivity index (χ2v) is 4.80. The fourth-order valence-electron chi connectivity index (χ4n) is 2.07. The summed E-state index contributed by atoms with van der Waals surface area (Å²) in [5.41, 5.74) is 0.558. The number of benzene rings is 2. The molecule has 21 heavy (non-hydrogen) atoms. The van der Waals surface area contributed by atoms with Crippen molar-refractivity contribution in [2.45, 2.75) is 19.4 Å². The van der Waals surface area contributed by atoms with Gasteiger partial charge in [0.1, 0.15) is 24.0 Å². The van der Waals surface area contributed by atoms with Gasteiger partial charge in [0.05, 0.1) is 6.04 Å². The van der Waals surface area contributed by atoms with Crippen LogP contribution in [0.3, 0.4) is 0 Å². The van der Waals surface area contributed by atoms with E-state index >= 15 is 0 Å². The highest BCUT2D eigenvalue weighted by atomic mass is 19.1. The molecule has 0 fully saturated rings. The SMILES string of the molecule is CCCNC(COc1cccc(F)c1)c1ccccc1F. The van der Waals surface area contributed by atoms with Gasteiger partial charge < -0.3 is 10.1 Å². The number of hydrogen-bond donors (Lipinski definition) is 1. The molecular weight excluding hydrogens is 272 g/mol. The molecule has 0 bridgehead atoms. The summed E-state index contributed by atoms with van der Waals surface area (Å²) >= 11 is 0. The highest BCUT2D eigenvalue weighted by molar-refractivity contribution is 5.24. The molecule has 112 valence electrons. The first-order valence-corrected chi connectivity index (χ1v) is 7.07. The van der Waals surface area contributed by atoms with Gasteiger partial charge >= 0.3 is 0 Å². The molecule has 0 aliphatic carbocycles. The molecule has 0 aliphatic rings. The number of hydrogen-bond acceptors (Lipinski definition) is 2. The summed E-state index contributed by atoms with van der Waals surface area (Å²) in [6.07, 6.45) is 0.935. The molecule has 1 N–H and O–H groups in total. The molecule has 0 heterocycles. The largest absolute Gasteiger partial charge is 0.491 e. The molecular formula is C17H19F2NO. The predicted octanol–water partition coefficient (Wildman–Crippen LogP) is 4.08. The first kappa shape index (κ1) is 15.4. The zero-order valence-electron chi connectivity index (χ0n) is 12.0. The highest BCUT2D eigenvalue weighted by Crippen LogP contribution is 2.19. The molecule has 2 nitrogen and oxygen atoms in total. The van der Waals surface area contributed by atoms with Gasteiger partial charge in [-0.05, 0) is 31.2 Å². The molecule has 2 aromatic carbocycles. The maximum absolute atomic E-state index is 13.9. The molecule has 0 radical (unpaired) electrons. The van der Waals surface area contributed by atoms with Crippen molar-refractivity contribution in [1.82, 2.24) is 5.32 Å². The standard InChI is InChI=1S/C17H19F2NO/c1-2-10-20-17(15-8-3-4-9-16(15)19)12-21-14-7-5-6-13(18)11-14/h3-9,11,17,20H,2,10,12H2,1H3. The summed E-state index contributed by atoms with van der Waals surface area (Å²) in [7, 11) is 0. The number of nitrogens with one attached hydrogen (secondary N) is 1. The second kappa shape index (κ2) is 7.74. The average Bonchev–Trinajstić information content (AvgIpc) is 2.48. The van der Waals surface area contributed by atoms with Crippen LogP contribution in [0.5, 0.6) is 5.75 Å². The minimum atomic E-state index is -0.351. The predicted molar refractivity (Wildman–Crippen MR) is 79.3 cm³/mol. The summed E-state index contributed by atoms with van der Waals surface area (Å²) in [6.45, 7) is 3.04. The Morgan fingerprint density at radius 3 is 2.62 bits per heavy atom. The van der Waals surface area contributed by atoms with Crippen molar-refractivity contribution in [2.24, 2.45) is 0 Å². The first-order valence-electron chi connectivity index (χ1n) is 7.07. The summed E-state index contributed by atoms with van der Waals surface area (Å²) in [5.74, 6) is -0.181. The lowest BCUT2D eigenvalue weighted by Gasteiger charge is -2.20. The molecule has 1 atom stereocenters. The first-order chi connectivity index (χ1) is 10.2. The van der Waals surface area contributed by atoms with E-state index < -0.39 is 0 Å². The Morgan fingerprint density at radius 1 is 1.10 bits per heavy atom. The quantitative estimate of drug-likeness (QED) is 0.830. The molecule has 1 unspecified atom stereocenters. The summed E-state index contributed by atoms with van der Waals surface area (Å²) in [4.78, 5) is 0. The maximum Gasteiger partial charge on any atom is 0.128 e. The van der Waals surface area contributed by atoms with Crippen LogP contribution in [0, 0.1) is 11.6 Å². The third-order valence-corrected chi connectivity index (χ3v) is 3.13. The van der Waals surface area contributed by atoms with Crippen LogP contribution >= 0.6 is 0 Å². The van der Waals surface area contributed by atoms with Gasteiger partial charge in [-0.1, -0.05) is 31.2 Å². The van der Waals surface area contributed by atoms with Gasteiger partial charge in [0.15, 0.2) is 0 Å². The summed E-state index contributed by atoms with van der Waals surface area (Å²) in [6, 6.07) is 12.3. The molecule has 4 heteroatoms. The van der Waals surface area contributed by atoms with Crippen molar-refractivity contribution < 1.29 is 13.5 Å². The smallest absolute Gasteiger partial charge is 0.128 e. The summed E-state index contributed by atoms with van der Waals surface area (Å²) in [5, 5.41) is 3.25. The number of ether oxygens (including phenoxy) is 1. The van der Waals surface area contributed by atoms with Crippen LogP contribution < -0.4 is 10.1 Å². The van der Waals surface area contributed by atoms with Crippen LogP contribution in [0.4, 0.5) is 8.78 Å². The van der Waals surface area contributed by atoms with Gasteiger partial charge in [0, 0.05) is 11.6 Å². The van der Waals surface area contributed by atoms with E-state index in [0.29, 0.717) is 11.3 Å². The molecule has 0 saturated carbocycles. The second-order valence-electron chi connectivity index (χ2n) is 4.80. The fraction of sp³-hybridized carbons (Fsp3) is 0.294. The Hall–Kier alpha value is -1.94. The van der Waals surface area contributed by atoms with Crippen molar-refractivity contribution in [3.8, 4) is 5.75 Å². The zero-order valence-corrected chi connectivity index (χ0v) is 12.0. The monoisotopic (exact) mass is 291 g/mol. The Balaban J connectivity index is 2.08. The average molecular weight is 291 g/mol. The normalized spacial score (nSPS) is 12.1. The van der Waals surface area contributed by atoms with Crippen LogP contribution in [0.2, 0.25) is 0 Å². The topological polar surface area (TPSA) is 21.3 Å². The maximum atomic E-state index is 13.9. The van der Waals surface area contributed by atoms with Crippen molar-refractivity contribution in [3.05, 3.63) is 65.7 Å². The van der Waals surface area contributed by atoms with Crippen molar-refractivity contribution >= 4 is 0 Å². The third kappa shape index (κ3) is 4.53. The highest BCUT2D eigenvalue weighted by Gasteiger charge is 2.15. The van der Waals surface area contributed by atoms with E-state index in [0.717, 1.165) is 13.0 Å². The number of rotatable bonds is 7. The number of halogens is 2. The van der Waals surface area contributed by atoms with E-state index in [4.69, 9.17) is 4.74 Å². The lowest BCUT2D eigenvalue weighted by molar-refractivity contribution is 0.262. The molecule has 0 saturated heterocycles. The lowest BCUT2D eigenvalue weighted by Crippen LogP contribution is -2.28. The van der Waals surface area contributed by atoms with Crippen LogP contribution in [0.1, 0.15) is 24.9 Å². The fourth-order valence-corrected chi connectivity index (χ4v) is 2.07. The van der Waals surface area contributed by atoms with Crippen LogP contribution in [0.15, 0.2) is 48.5 Å². The van der Waals surface area contributed by atoms with Crippen molar-refractivity contribution in [2.75, 3.05) is 13.2 Å². The Kier molecular flexibility index (Phi) is 5.69. The Bertz CT molecular complexity index is 574. The van der Waals surface area contributed by atoms with Gasteiger partial charge in [-0.3, -0.25) is 0 Å². The van der Waals surface area contributed by atoms with Crippen LogP contribution in [-0.4, -0.2) is 13.2 Å². The zero-order chi connectivity index (χ0) is 15.1. The van der Waals surface area contributed by atoms with Crippen molar-refractivity contribution in [1.29, 1.82) is 0 Å². The summed E-state index contributed by atoms with van der Waals surface area (Å²) < 4.78 is 32.6. The minimum Gasteiger partial charge on any atom is -0.491 e. The van der Waals surface area contributed by atoms with Gasteiger partial charge in [-0.15, -0.1) is 0 Å². The van der Waals surface area contributed by atoms with Crippen molar-refractivity contribution in [3.63, 3.8) is 0 Å². The molecule has 0 amide bonds. The van der Waals surface area contributed by atoms with E-state index in [2.05, 4.69) is 5.32 Å². The van der Waals surface area contributed by atoms with Crippen LogP contribution in [-0.2, 0) is 0 Å². The van der Waals surface area contributed by atoms with E-state index in [1.165, 1.54) is 18.2 Å². The Morgan fingerprint density at radius 2 is 1.90 bits per heavy atom. The van der Waals surface area contributed by atoms with Gasteiger partial charge in [0.2, 0.25) is 0 Å². The Labute approximate surface area is 123 Å². The molecule has 0 aromatic heterocycles. The van der Waals surface area contributed by atoms with Gasteiger partial charge in [-0.25, -0.2) is 8.78 Å². The van der Waals surface area contributed by atoms with Crippen LogP contribution in [0.25, 0.3) is 0 Å². The molecule has 2 aromatic rings. The van der Waals surface area contributed by atoms with E-state index in [1.807, 2.05) is 6.92 Å².